The van der Waals surface area contributed by atoms with Crippen molar-refractivity contribution in [2.24, 2.45) is 5.73 Å². The third-order valence-corrected chi connectivity index (χ3v) is 7.04. The van der Waals surface area contributed by atoms with Crippen molar-refractivity contribution in [2.75, 3.05) is 31.2 Å². The SMILES string of the molecule is N#Cc1ccccc1Cn1c(N2CCC[C@@H](N)C2)nc2c(C(=O)NC3COC3)csc2c1=O. The van der Waals surface area contributed by atoms with Crippen LogP contribution in [0.1, 0.15) is 34.3 Å². The minimum Gasteiger partial charge on any atom is -0.377 e. The van der Waals surface area contributed by atoms with E-state index in [4.69, 9.17) is 15.5 Å². The minimum atomic E-state index is -0.254. The lowest BCUT2D eigenvalue weighted by molar-refractivity contribution is -0.00342. The first-order valence-corrected chi connectivity index (χ1v) is 11.8. The topological polar surface area (TPSA) is 126 Å². The number of fused-ring (bicyclic) bond motifs is 1. The smallest absolute Gasteiger partial charge is 0.273 e. The van der Waals surface area contributed by atoms with E-state index in [0.29, 0.717) is 47.1 Å². The number of carbonyl (C=O) groups excluding carboxylic acids is 1. The molecule has 0 spiro atoms. The third-order valence-electron chi connectivity index (χ3n) is 6.08. The lowest BCUT2D eigenvalue weighted by atomic mass is 10.1. The Morgan fingerprint density at radius 3 is 2.91 bits per heavy atom. The van der Waals surface area contributed by atoms with Crippen LogP contribution in [0, 0.1) is 11.3 Å². The fourth-order valence-corrected chi connectivity index (χ4v) is 5.18. The van der Waals surface area contributed by atoms with Crippen molar-refractivity contribution in [2.45, 2.75) is 31.5 Å². The Bertz CT molecular complexity index is 1310. The summed E-state index contributed by atoms with van der Waals surface area (Å²) >= 11 is 1.22. The lowest BCUT2D eigenvalue weighted by Crippen LogP contribution is -2.48. The van der Waals surface area contributed by atoms with E-state index in [1.807, 2.05) is 17.0 Å². The average molecular weight is 465 g/mol. The Labute approximate surface area is 194 Å². The first kappa shape index (κ1) is 21.6. The molecule has 1 aromatic carbocycles. The molecule has 3 N–H and O–H groups in total. The number of nitrogens with zero attached hydrogens (tertiary/aromatic N) is 4. The molecule has 0 bridgehead atoms. The predicted octanol–water partition coefficient (Wildman–Crippen LogP) is 1.43. The molecular weight excluding hydrogens is 440 g/mol. The Balaban J connectivity index is 1.62. The molecule has 2 aromatic heterocycles. The summed E-state index contributed by atoms with van der Waals surface area (Å²) < 4.78 is 7.16. The van der Waals surface area contributed by atoms with E-state index in [0.717, 1.165) is 24.9 Å². The molecule has 0 aliphatic carbocycles. The Hall–Kier alpha value is -3.26. The summed E-state index contributed by atoms with van der Waals surface area (Å²) in [5.74, 6) is 0.227. The van der Waals surface area contributed by atoms with Crippen LogP contribution >= 0.6 is 11.3 Å². The van der Waals surface area contributed by atoms with Crippen LogP contribution < -0.4 is 21.5 Å². The minimum absolute atomic E-state index is 0.0185. The monoisotopic (exact) mass is 464 g/mol. The van der Waals surface area contributed by atoms with E-state index in [-0.39, 0.29) is 30.1 Å². The molecular formula is C23H24N6O3S. The molecule has 2 aliphatic rings. The maximum absolute atomic E-state index is 13.6. The van der Waals surface area contributed by atoms with Gasteiger partial charge in [-0.05, 0) is 24.5 Å². The average Bonchev–Trinajstić information content (AvgIpc) is 3.22. The molecule has 1 atom stereocenters. The van der Waals surface area contributed by atoms with Gasteiger partial charge in [-0.1, -0.05) is 18.2 Å². The number of nitriles is 1. The van der Waals surface area contributed by atoms with Gasteiger partial charge >= 0.3 is 0 Å². The van der Waals surface area contributed by atoms with E-state index in [9.17, 15) is 14.9 Å². The molecule has 3 aromatic rings. The van der Waals surface area contributed by atoms with Crippen molar-refractivity contribution in [1.29, 1.82) is 5.26 Å². The van der Waals surface area contributed by atoms with Crippen LogP contribution in [0.4, 0.5) is 5.95 Å². The van der Waals surface area contributed by atoms with Gasteiger partial charge in [0.15, 0.2) is 0 Å². The largest absolute Gasteiger partial charge is 0.377 e. The zero-order chi connectivity index (χ0) is 22.9. The number of aromatic nitrogens is 2. The quantitative estimate of drug-likeness (QED) is 0.585. The molecule has 2 aliphatic heterocycles. The number of nitrogens with one attached hydrogen (secondary N) is 1. The number of hydrogen-bond donors (Lipinski definition) is 2. The molecule has 5 rings (SSSR count). The van der Waals surface area contributed by atoms with Gasteiger partial charge in [-0.15, -0.1) is 11.3 Å². The number of amides is 1. The van der Waals surface area contributed by atoms with Crippen molar-refractivity contribution in [1.82, 2.24) is 14.9 Å². The van der Waals surface area contributed by atoms with Gasteiger partial charge < -0.3 is 20.7 Å². The first-order chi connectivity index (χ1) is 16.0. The third kappa shape index (κ3) is 4.11. The second kappa shape index (κ2) is 8.94. The van der Waals surface area contributed by atoms with E-state index >= 15 is 0 Å². The second-order valence-electron chi connectivity index (χ2n) is 8.46. The van der Waals surface area contributed by atoms with Gasteiger partial charge in [0.2, 0.25) is 5.95 Å². The Morgan fingerprint density at radius 2 is 2.18 bits per heavy atom. The van der Waals surface area contributed by atoms with E-state index < -0.39 is 0 Å². The van der Waals surface area contributed by atoms with Gasteiger partial charge in [-0.3, -0.25) is 14.2 Å². The van der Waals surface area contributed by atoms with Crippen molar-refractivity contribution < 1.29 is 9.53 Å². The molecule has 170 valence electrons. The molecule has 1 amide bonds. The van der Waals surface area contributed by atoms with Gasteiger partial charge in [0.25, 0.3) is 11.5 Å². The highest BCUT2D eigenvalue weighted by molar-refractivity contribution is 7.17. The van der Waals surface area contributed by atoms with Crippen molar-refractivity contribution >= 4 is 33.4 Å². The van der Waals surface area contributed by atoms with E-state index in [1.165, 1.54) is 11.3 Å². The number of rotatable bonds is 5. The first-order valence-electron chi connectivity index (χ1n) is 10.9. The summed E-state index contributed by atoms with van der Waals surface area (Å²) in [5, 5.41) is 14.1. The number of hydrogen-bond acceptors (Lipinski definition) is 8. The van der Waals surface area contributed by atoms with Crippen molar-refractivity contribution in [3.63, 3.8) is 0 Å². The highest BCUT2D eigenvalue weighted by atomic mass is 32.1. The molecule has 10 heteroatoms. The molecule has 9 nitrogen and oxygen atoms in total. The molecule has 0 radical (unpaired) electrons. The van der Waals surface area contributed by atoms with Crippen LogP contribution in [0.2, 0.25) is 0 Å². The van der Waals surface area contributed by atoms with E-state index in [2.05, 4.69) is 11.4 Å². The summed E-state index contributed by atoms with van der Waals surface area (Å²) in [6.45, 7) is 2.48. The zero-order valence-electron chi connectivity index (χ0n) is 18.0. The van der Waals surface area contributed by atoms with Gasteiger partial charge in [-0.2, -0.15) is 5.26 Å². The highest BCUT2D eigenvalue weighted by Gasteiger charge is 2.27. The highest BCUT2D eigenvalue weighted by Crippen LogP contribution is 2.27. The van der Waals surface area contributed by atoms with E-state index in [1.54, 1.807) is 22.1 Å². The Morgan fingerprint density at radius 1 is 1.36 bits per heavy atom. The van der Waals surface area contributed by atoms with Crippen LogP contribution in [-0.2, 0) is 11.3 Å². The van der Waals surface area contributed by atoms with Crippen LogP contribution in [0.5, 0.6) is 0 Å². The summed E-state index contributed by atoms with van der Waals surface area (Å²) in [4.78, 5) is 33.4. The normalized spacial score (nSPS) is 18.7. The number of anilines is 1. The van der Waals surface area contributed by atoms with Crippen molar-refractivity contribution in [3.8, 4) is 6.07 Å². The fraction of sp³-hybridized carbons (Fsp3) is 0.391. The summed E-state index contributed by atoms with van der Waals surface area (Å²) in [7, 11) is 0. The number of ether oxygens (including phenoxy) is 1. The van der Waals surface area contributed by atoms with Crippen LogP contribution in [-0.4, -0.2) is 53.8 Å². The van der Waals surface area contributed by atoms with Crippen LogP contribution in [0.15, 0.2) is 34.4 Å². The predicted molar refractivity (Wildman–Crippen MR) is 126 cm³/mol. The number of benzene rings is 1. The van der Waals surface area contributed by atoms with Crippen LogP contribution in [0.25, 0.3) is 10.2 Å². The molecule has 0 saturated carbocycles. The van der Waals surface area contributed by atoms with Crippen LogP contribution in [0.3, 0.4) is 0 Å². The van der Waals surface area contributed by atoms with Gasteiger partial charge in [0, 0.05) is 24.5 Å². The number of nitrogens with two attached hydrogens (primary N) is 1. The molecule has 0 unspecified atom stereocenters. The summed E-state index contributed by atoms with van der Waals surface area (Å²) in [5.41, 5.74) is 8.05. The van der Waals surface area contributed by atoms with Gasteiger partial charge in [0.1, 0.15) is 10.2 Å². The second-order valence-corrected chi connectivity index (χ2v) is 9.33. The Kier molecular flexibility index (Phi) is 5.85. The maximum Gasteiger partial charge on any atom is 0.273 e. The molecule has 4 heterocycles. The fourth-order valence-electron chi connectivity index (χ4n) is 4.24. The van der Waals surface area contributed by atoms with Crippen molar-refractivity contribution in [3.05, 3.63) is 56.7 Å². The standard InChI is InChI=1S/C23H24N6O3S/c24-8-14-4-1-2-5-15(14)9-29-22(31)20-19(27-23(29)28-7-3-6-16(25)10-28)18(13-33-20)21(30)26-17-11-32-12-17/h1-2,4-5,13,16-17H,3,6-7,9-12,25H2,(H,26,30)/t16-/m1/s1. The number of piperidine rings is 1. The lowest BCUT2D eigenvalue weighted by Gasteiger charge is -2.33. The molecule has 2 saturated heterocycles. The number of carbonyl (C=O) groups is 1. The summed E-state index contributed by atoms with van der Waals surface area (Å²) in [6, 6.07) is 9.39. The molecule has 33 heavy (non-hydrogen) atoms. The summed E-state index contributed by atoms with van der Waals surface area (Å²) in [6.07, 6.45) is 1.80. The maximum atomic E-state index is 13.6. The zero-order valence-corrected chi connectivity index (χ0v) is 18.8. The number of thiophene rings is 1. The van der Waals surface area contributed by atoms with Gasteiger partial charge in [0.05, 0.1) is 43.0 Å². The van der Waals surface area contributed by atoms with Gasteiger partial charge in [-0.25, -0.2) is 4.98 Å². The molecule has 2 fully saturated rings.